The number of aromatic nitrogens is 4. The summed E-state index contributed by atoms with van der Waals surface area (Å²) in [6.07, 6.45) is 5.79. The van der Waals surface area contributed by atoms with Crippen LogP contribution < -0.4 is 0 Å². The van der Waals surface area contributed by atoms with Crippen LogP contribution in [0.15, 0.2) is 97.6 Å². The summed E-state index contributed by atoms with van der Waals surface area (Å²) in [5.74, 6) is -3.96. The van der Waals surface area contributed by atoms with Crippen molar-refractivity contribution in [2.75, 3.05) is 0 Å². The van der Waals surface area contributed by atoms with Gasteiger partial charge in [-0.25, -0.2) is 39.1 Å². The van der Waals surface area contributed by atoms with E-state index in [9.17, 15) is 19.2 Å². The maximum Gasteiger partial charge on any atom is 0.354 e. The van der Waals surface area contributed by atoms with Gasteiger partial charge >= 0.3 is 23.9 Å². The average Bonchev–Trinajstić information content (AvgIpc) is 2.92. The summed E-state index contributed by atoms with van der Waals surface area (Å²) in [5, 5.41) is 33.3. The molecule has 0 saturated carbocycles. The molecule has 4 aromatic heterocycles. The SMILES string of the molecule is O=C(O)c1ccccn1.O=C(O)c1ccccn1.O=C(O)c1ccccn1.O=C(O)c1ccccn1.[Ni].[Ni]. The van der Waals surface area contributed by atoms with Crippen molar-refractivity contribution in [1.82, 2.24) is 19.9 Å². The van der Waals surface area contributed by atoms with Crippen molar-refractivity contribution >= 4 is 23.9 Å². The molecule has 0 fully saturated rings. The fourth-order valence-electron chi connectivity index (χ4n) is 1.96. The Bertz CT molecular complexity index is 1040. The Morgan fingerprint density at radius 2 is 0.579 bits per heavy atom. The van der Waals surface area contributed by atoms with Crippen LogP contribution >= 0.6 is 0 Å². The van der Waals surface area contributed by atoms with Crippen molar-refractivity contribution in [3.63, 3.8) is 0 Å². The molecule has 4 heterocycles. The monoisotopic (exact) mass is 608 g/mol. The average molecular weight is 610 g/mol. The third-order valence-corrected chi connectivity index (χ3v) is 3.54. The van der Waals surface area contributed by atoms with Gasteiger partial charge in [0.25, 0.3) is 0 Å². The molecule has 4 aromatic rings. The predicted molar refractivity (Wildman–Crippen MR) is 125 cm³/mol. The Morgan fingerprint density at radius 3 is 0.658 bits per heavy atom. The maximum atomic E-state index is 10.1. The molecular weight excluding hydrogens is 590 g/mol. The number of nitrogens with zero attached hydrogens (tertiary/aromatic N) is 4. The van der Waals surface area contributed by atoms with Crippen molar-refractivity contribution in [2.24, 2.45) is 0 Å². The van der Waals surface area contributed by atoms with Crippen LogP contribution in [0, 0.1) is 0 Å². The van der Waals surface area contributed by atoms with E-state index in [0.717, 1.165) is 0 Å². The van der Waals surface area contributed by atoms with Crippen LogP contribution in [0.25, 0.3) is 0 Å². The van der Waals surface area contributed by atoms with E-state index in [4.69, 9.17) is 20.4 Å². The van der Waals surface area contributed by atoms with Gasteiger partial charge in [0.2, 0.25) is 0 Å². The molecule has 0 amide bonds. The Kier molecular flexibility index (Phi) is 19.4. The minimum Gasteiger partial charge on any atom is -0.477 e. The number of carboxylic acids is 4. The Morgan fingerprint density at radius 1 is 0.395 bits per heavy atom. The van der Waals surface area contributed by atoms with E-state index < -0.39 is 23.9 Å². The summed E-state index contributed by atoms with van der Waals surface area (Å²) < 4.78 is 0. The molecule has 0 aromatic carbocycles. The van der Waals surface area contributed by atoms with Gasteiger partial charge in [-0.05, 0) is 48.5 Å². The Labute approximate surface area is 236 Å². The van der Waals surface area contributed by atoms with Crippen LogP contribution in [-0.4, -0.2) is 64.2 Å². The summed E-state index contributed by atoms with van der Waals surface area (Å²) in [6.45, 7) is 0. The number of rotatable bonds is 4. The molecule has 0 aliphatic heterocycles. The Hall–Kier alpha value is -4.53. The van der Waals surface area contributed by atoms with Crippen molar-refractivity contribution in [3.05, 3.63) is 120 Å². The van der Waals surface area contributed by atoms with E-state index in [1.807, 2.05) is 0 Å². The van der Waals surface area contributed by atoms with E-state index in [1.54, 1.807) is 48.5 Å². The van der Waals surface area contributed by atoms with Gasteiger partial charge in [0.1, 0.15) is 22.8 Å². The van der Waals surface area contributed by atoms with Crippen LogP contribution in [0.5, 0.6) is 0 Å². The zero-order valence-corrected chi connectivity index (χ0v) is 21.1. The molecular formula is C24H20N4Ni2O8. The second-order valence-corrected chi connectivity index (χ2v) is 6.08. The fourth-order valence-corrected chi connectivity index (χ4v) is 1.96. The minimum absolute atomic E-state index is 0. The fraction of sp³-hybridized carbons (Fsp3) is 0. The standard InChI is InChI=1S/4C6H5NO2.2Ni/c4*8-6(9)5-3-1-2-4-7-5;;/h4*1-4H,(H,8,9);;. The number of pyridine rings is 4. The summed E-state index contributed by atoms with van der Waals surface area (Å²) in [5.41, 5.74) is 0.324. The first-order valence-corrected chi connectivity index (χ1v) is 9.79. The molecule has 0 unspecified atom stereocenters. The van der Waals surface area contributed by atoms with Gasteiger partial charge in [0.15, 0.2) is 0 Å². The molecule has 0 aliphatic carbocycles. The van der Waals surface area contributed by atoms with E-state index in [2.05, 4.69) is 19.9 Å². The van der Waals surface area contributed by atoms with E-state index in [-0.39, 0.29) is 55.8 Å². The smallest absolute Gasteiger partial charge is 0.354 e. The van der Waals surface area contributed by atoms with Crippen LogP contribution in [-0.2, 0) is 33.0 Å². The van der Waals surface area contributed by atoms with Crippen molar-refractivity contribution in [3.8, 4) is 0 Å². The first kappa shape index (κ1) is 35.6. The molecule has 0 radical (unpaired) electrons. The quantitative estimate of drug-likeness (QED) is 0.247. The first-order chi connectivity index (χ1) is 17.2. The largest absolute Gasteiger partial charge is 0.477 e. The van der Waals surface area contributed by atoms with Gasteiger partial charge in [0, 0.05) is 57.8 Å². The third kappa shape index (κ3) is 15.5. The van der Waals surface area contributed by atoms with Crippen LogP contribution in [0.2, 0.25) is 0 Å². The second kappa shape index (κ2) is 20.6. The second-order valence-electron chi connectivity index (χ2n) is 6.08. The number of carboxylic acid groups (broad SMARTS) is 4. The minimum atomic E-state index is -0.990. The maximum absolute atomic E-state index is 10.1. The molecule has 0 bridgehead atoms. The first-order valence-electron chi connectivity index (χ1n) is 9.79. The third-order valence-electron chi connectivity index (χ3n) is 3.54. The van der Waals surface area contributed by atoms with Gasteiger partial charge in [0.05, 0.1) is 0 Å². The van der Waals surface area contributed by atoms with Gasteiger partial charge in [-0.1, -0.05) is 24.3 Å². The molecule has 12 nitrogen and oxygen atoms in total. The molecule has 0 atom stereocenters. The topological polar surface area (TPSA) is 201 Å². The van der Waals surface area contributed by atoms with Gasteiger partial charge in [-0.3, -0.25) is 0 Å². The van der Waals surface area contributed by atoms with Crippen LogP contribution in [0.1, 0.15) is 42.0 Å². The summed E-state index contributed by atoms with van der Waals surface area (Å²) in [7, 11) is 0. The zero-order valence-electron chi connectivity index (χ0n) is 19.1. The van der Waals surface area contributed by atoms with Crippen LogP contribution in [0.4, 0.5) is 0 Å². The molecule has 0 aliphatic rings. The molecule has 4 N–H and O–H groups in total. The predicted octanol–water partition coefficient (Wildman–Crippen LogP) is 3.11. The van der Waals surface area contributed by atoms with Crippen molar-refractivity contribution in [2.45, 2.75) is 0 Å². The van der Waals surface area contributed by atoms with Crippen LogP contribution in [0.3, 0.4) is 0 Å². The van der Waals surface area contributed by atoms with Gasteiger partial charge < -0.3 is 20.4 Å². The number of aromatic carboxylic acids is 4. The molecule has 38 heavy (non-hydrogen) atoms. The summed E-state index contributed by atoms with van der Waals surface area (Å²) in [6, 6.07) is 19.0. The normalized spacial score (nSPS) is 8.42. The molecule has 14 heteroatoms. The Balaban J connectivity index is 0. The van der Waals surface area contributed by atoms with E-state index >= 15 is 0 Å². The molecule has 0 spiro atoms. The van der Waals surface area contributed by atoms with E-state index in [1.165, 1.54) is 49.1 Å². The molecule has 0 saturated heterocycles. The van der Waals surface area contributed by atoms with Crippen molar-refractivity contribution < 1.29 is 72.6 Å². The molecule has 4 rings (SSSR count). The number of hydrogen-bond donors (Lipinski definition) is 4. The van der Waals surface area contributed by atoms with Crippen molar-refractivity contribution in [1.29, 1.82) is 0 Å². The zero-order chi connectivity index (χ0) is 26.8. The summed E-state index contributed by atoms with van der Waals surface area (Å²) >= 11 is 0. The van der Waals surface area contributed by atoms with E-state index in [0.29, 0.717) is 0 Å². The molecule has 204 valence electrons. The number of hydrogen-bond acceptors (Lipinski definition) is 8. The van der Waals surface area contributed by atoms with Gasteiger partial charge in [-0.2, -0.15) is 0 Å². The summed E-state index contributed by atoms with van der Waals surface area (Å²) in [4.78, 5) is 54.9. The van der Waals surface area contributed by atoms with Gasteiger partial charge in [-0.15, -0.1) is 0 Å². The number of carbonyl (C=O) groups is 4.